The van der Waals surface area contributed by atoms with Crippen molar-refractivity contribution in [3.63, 3.8) is 0 Å². The van der Waals surface area contributed by atoms with Gasteiger partial charge in [-0.15, -0.1) is 0 Å². The number of fused-ring (bicyclic) bond motifs is 1. The summed E-state index contributed by atoms with van der Waals surface area (Å²) in [7, 11) is 0. The number of halogens is 1. The van der Waals surface area contributed by atoms with Crippen LogP contribution in [-0.2, 0) is 22.7 Å². The molecule has 0 aromatic heterocycles. The topological polar surface area (TPSA) is 87.7 Å². The standard InChI is InChI=1S/C23H24IN3O4/c1-2-25-12-14-6-8-15(9-7-14)13-31-18-5-3-4-16-20(18)21(24)27(23(16)30)17-10-11-19(28)26-22(17)29/h3-9,17,21,25H,2,10-13H2,1H3,(H,26,28,29). The molecule has 0 bridgehead atoms. The van der Waals surface area contributed by atoms with Crippen molar-refractivity contribution in [2.75, 3.05) is 6.54 Å². The van der Waals surface area contributed by atoms with E-state index in [0.29, 0.717) is 24.3 Å². The number of hydrogen-bond acceptors (Lipinski definition) is 5. The van der Waals surface area contributed by atoms with Crippen LogP contribution in [0.25, 0.3) is 0 Å². The molecule has 1 saturated heterocycles. The molecule has 2 heterocycles. The molecule has 4 rings (SSSR count). The number of carbonyl (C=O) groups is 3. The van der Waals surface area contributed by atoms with E-state index in [9.17, 15) is 14.4 Å². The molecule has 162 valence electrons. The molecule has 3 amide bonds. The fourth-order valence-electron chi connectivity index (χ4n) is 3.91. The Hall–Kier alpha value is -2.46. The fraction of sp³-hybridized carbons (Fsp3) is 0.348. The highest BCUT2D eigenvalue weighted by Gasteiger charge is 2.45. The summed E-state index contributed by atoms with van der Waals surface area (Å²) in [6.45, 7) is 4.22. The average Bonchev–Trinajstić information content (AvgIpc) is 3.02. The summed E-state index contributed by atoms with van der Waals surface area (Å²) in [6, 6.07) is 13.0. The van der Waals surface area contributed by atoms with Crippen molar-refractivity contribution in [3.8, 4) is 5.75 Å². The summed E-state index contributed by atoms with van der Waals surface area (Å²) in [5.74, 6) is -0.283. The van der Waals surface area contributed by atoms with Crippen molar-refractivity contribution in [3.05, 3.63) is 64.7 Å². The van der Waals surface area contributed by atoms with Crippen LogP contribution in [0.5, 0.6) is 5.75 Å². The van der Waals surface area contributed by atoms with E-state index in [0.717, 1.165) is 24.2 Å². The van der Waals surface area contributed by atoms with E-state index in [1.165, 1.54) is 5.56 Å². The van der Waals surface area contributed by atoms with Gasteiger partial charge in [0, 0.05) is 24.1 Å². The van der Waals surface area contributed by atoms with Crippen LogP contribution in [0.15, 0.2) is 42.5 Å². The predicted octanol–water partition coefficient (Wildman–Crippen LogP) is 3.07. The number of piperidine rings is 1. The predicted molar refractivity (Wildman–Crippen MR) is 124 cm³/mol. The van der Waals surface area contributed by atoms with Crippen LogP contribution in [0.2, 0.25) is 0 Å². The number of carbonyl (C=O) groups excluding carboxylic acids is 3. The van der Waals surface area contributed by atoms with Crippen LogP contribution in [0.3, 0.4) is 0 Å². The Labute approximate surface area is 194 Å². The maximum Gasteiger partial charge on any atom is 0.256 e. The van der Waals surface area contributed by atoms with E-state index < -0.39 is 11.9 Å². The second-order valence-corrected chi connectivity index (χ2v) is 8.80. The first kappa shape index (κ1) is 21.8. The van der Waals surface area contributed by atoms with Gasteiger partial charge in [-0.3, -0.25) is 19.7 Å². The number of rotatable bonds is 7. The van der Waals surface area contributed by atoms with Gasteiger partial charge in [0.15, 0.2) is 0 Å². The summed E-state index contributed by atoms with van der Waals surface area (Å²) in [5, 5.41) is 5.64. The summed E-state index contributed by atoms with van der Waals surface area (Å²) < 4.78 is 5.76. The number of ether oxygens (including phenoxy) is 1. The molecule has 31 heavy (non-hydrogen) atoms. The van der Waals surface area contributed by atoms with Crippen LogP contribution in [0.4, 0.5) is 0 Å². The second-order valence-electron chi connectivity index (χ2n) is 7.62. The summed E-state index contributed by atoms with van der Waals surface area (Å²) in [6.07, 6.45) is 0.562. The lowest BCUT2D eigenvalue weighted by atomic mass is 10.0. The molecule has 2 N–H and O–H groups in total. The number of nitrogens with one attached hydrogen (secondary N) is 2. The van der Waals surface area contributed by atoms with Crippen LogP contribution >= 0.6 is 22.6 Å². The van der Waals surface area contributed by atoms with Gasteiger partial charge in [-0.1, -0.05) is 59.8 Å². The summed E-state index contributed by atoms with van der Waals surface area (Å²) in [5.41, 5.74) is 3.57. The molecule has 0 aliphatic carbocycles. The number of amides is 3. The molecule has 2 aromatic rings. The van der Waals surface area contributed by atoms with Gasteiger partial charge in [-0.2, -0.15) is 0 Å². The van der Waals surface area contributed by atoms with E-state index in [-0.39, 0.29) is 22.3 Å². The van der Waals surface area contributed by atoms with Gasteiger partial charge in [0.05, 0.1) is 0 Å². The van der Waals surface area contributed by atoms with E-state index in [1.54, 1.807) is 17.0 Å². The molecule has 8 heteroatoms. The molecular weight excluding hydrogens is 509 g/mol. The SMILES string of the molecule is CCNCc1ccc(COc2cccc3c2C(I)N(C2CCC(=O)NC2=O)C3=O)cc1. The fourth-order valence-corrected chi connectivity index (χ4v) is 5.20. The van der Waals surface area contributed by atoms with Gasteiger partial charge in [0.2, 0.25) is 11.8 Å². The first-order chi connectivity index (χ1) is 15.0. The van der Waals surface area contributed by atoms with Gasteiger partial charge >= 0.3 is 0 Å². The smallest absolute Gasteiger partial charge is 0.256 e. The van der Waals surface area contributed by atoms with E-state index in [1.807, 2.05) is 18.2 Å². The third kappa shape index (κ3) is 4.45. The highest BCUT2D eigenvalue weighted by Crippen LogP contribution is 2.45. The molecule has 0 saturated carbocycles. The van der Waals surface area contributed by atoms with Crippen molar-refractivity contribution in [1.82, 2.24) is 15.5 Å². The maximum atomic E-state index is 13.1. The normalized spacial score (nSPS) is 20.6. The summed E-state index contributed by atoms with van der Waals surface area (Å²) in [4.78, 5) is 38.5. The molecule has 2 unspecified atom stereocenters. The zero-order valence-corrected chi connectivity index (χ0v) is 19.3. The number of hydrogen-bond donors (Lipinski definition) is 2. The Balaban J connectivity index is 1.50. The molecule has 7 nitrogen and oxygen atoms in total. The van der Waals surface area contributed by atoms with Gasteiger partial charge in [-0.25, -0.2) is 0 Å². The van der Waals surface area contributed by atoms with Crippen molar-refractivity contribution < 1.29 is 19.1 Å². The molecule has 2 aliphatic heterocycles. The van der Waals surface area contributed by atoms with Gasteiger partial charge in [-0.05, 0) is 36.2 Å². The summed E-state index contributed by atoms with van der Waals surface area (Å²) >= 11 is 2.17. The first-order valence-electron chi connectivity index (χ1n) is 10.3. The van der Waals surface area contributed by atoms with Gasteiger partial charge in [0.1, 0.15) is 22.4 Å². The van der Waals surface area contributed by atoms with Crippen molar-refractivity contribution in [2.24, 2.45) is 0 Å². The minimum Gasteiger partial charge on any atom is -0.488 e. The Kier molecular flexibility index (Phi) is 6.57. The molecule has 1 fully saturated rings. The molecule has 2 aliphatic rings. The number of alkyl halides is 1. The monoisotopic (exact) mass is 533 g/mol. The minimum atomic E-state index is -0.656. The molecule has 2 atom stereocenters. The number of benzene rings is 2. The zero-order chi connectivity index (χ0) is 22.0. The lowest BCUT2D eigenvalue weighted by Gasteiger charge is -2.32. The zero-order valence-electron chi connectivity index (χ0n) is 17.2. The molecule has 0 spiro atoms. The van der Waals surface area contributed by atoms with Crippen LogP contribution < -0.4 is 15.4 Å². The van der Waals surface area contributed by atoms with Crippen molar-refractivity contribution >= 4 is 40.3 Å². The third-order valence-electron chi connectivity index (χ3n) is 5.56. The highest BCUT2D eigenvalue weighted by molar-refractivity contribution is 14.1. The largest absolute Gasteiger partial charge is 0.488 e. The van der Waals surface area contributed by atoms with Crippen LogP contribution in [-0.4, -0.2) is 35.2 Å². The number of nitrogens with zero attached hydrogens (tertiary/aromatic N) is 1. The molecular formula is C23H24IN3O4. The van der Waals surface area contributed by atoms with Gasteiger partial charge < -0.3 is 15.0 Å². The lowest BCUT2D eigenvalue weighted by Crippen LogP contribution is -2.52. The average molecular weight is 533 g/mol. The van der Waals surface area contributed by atoms with E-state index in [4.69, 9.17) is 4.74 Å². The number of imide groups is 1. The highest BCUT2D eigenvalue weighted by atomic mass is 127. The minimum absolute atomic E-state index is 0.206. The first-order valence-corrected chi connectivity index (χ1v) is 11.6. The Morgan fingerprint density at radius 3 is 2.58 bits per heavy atom. The quantitative estimate of drug-likeness (QED) is 0.247. The molecule has 2 aromatic carbocycles. The lowest BCUT2D eigenvalue weighted by molar-refractivity contribution is -0.136. The molecule has 0 radical (unpaired) electrons. The maximum absolute atomic E-state index is 13.1. The Morgan fingerprint density at radius 2 is 1.87 bits per heavy atom. The Bertz CT molecular complexity index is 1010. The van der Waals surface area contributed by atoms with E-state index in [2.05, 4.69) is 52.3 Å². The van der Waals surface area contributed by atoms with Crippen LogP contribution in [0.1, 0.15) is 50.9 Å². The Morgan fingerprint density at radius 1 is 1.13 bits per heavy atom. The van der Waals surface area contributed by atoms with Crippen molar-refractivity contribution in [1.29, 1.82) is 0 Å². The van der Waals surface area contributed by atoms with Crippen molar-refractivity contribution in [2.45, 2.75) is 43.0 Å². The van der Waals surface area contributed by atoms with Gasteiger partial charge in [0.25, 0.3) is 5.91 Å². The second kappa shape index (κ2) is 9.35. The van der Waals surface area contributed by atoms with E-state index >= 15 is 0 Å². The van der Waals surface area contributed by atoms with Crippen LogP contribution in [0, 0.1) is 0 Å². The third-order valence-corrected chi connectivity index (χ3v) is 6.78.